The lowest BCUT2D eigenvalue weighted by Crippen LogP contribution is -2.24. The lowest BCUT2D eigenvalue weighted by molar-refractivity contribution is 0.0957. The Hall–Kier alpha value is -2.20. The maximum atomic E-state index is 9.81. The van der Waals surface area contributed by atoms with E-state index in [1.165, 1.54) is 23.1 Å². The molecule has 1 N–H and O–H groups in total. The molecule has 0 aliphatic heterocycles. The van der Waals surface area contributed by atoms with Crippen molar-refractivity contribution < 1.29 is 19.3 Å². The zero-order valence-electron chi connectivity index (χ0n) is 15.5. The van der Waals surface area contributed by atoms with Gasteiger partial charge < -0.3 is 19.3 Å². The molecule has 4 heteroatoms. The standard InChI is InChI=1S/C22H26O4/c1-24-19-12-11-18(17-8-4-6-14-5-3-7-16(14)17)21(22(19)25-2)26-20(13-23)15-9-10-15/h4,6,8,11-12,15,20,23H,3,5,7,9-10,13H2,1-2H3. The Morgan fingerprint density at radius 3 is 2.54 bits per heavy atom. The van der Waals surface area contributed by atoms with Gasteiger partial charge in [-0.3, -0.25) is 0 Å². The average Bonchev–Trinajstić information content (AvgIpc) is 3.40. The number of aliphatic hydroxyl groups is 1. The average molecular weight is 354 g/mol. The Morgan fingerprint density at radius 1 is 1.00 bits per heavy atom. The van der Waals surface area contributed by atoms with Gasteiger partial charge in [-0.25, -0.2) is 0 Å². The topological polar surface area (TPSA) is 47.9 Å². The number of fused-ring (bicyclic) bond motifs is 1. The summed E-state index contributed by atoms with van der Waals surface area (Å²) < 4.78 is 17.5. The van der Waals surface area contributed by atoms with Crippen LogP contribution in [0.15, 0.2) is 30.3 Å². The van der Waals surface area contributed by atoms with Crippen molar-refractivity contribution in [3.8, 4) is 28.4 Å². The largest absolute Gasteiger partial charge is 0.493 e. The number of aryl methyl sites for hydroxylation is 1. The zero-order valence-corrected chi connectivity index (χ0v) is 15.5. The van der Waals surface area contributed by atoms with E-state index in [-0.39, 0.29) is 12.7 Å². The Balaban J connectivity index is 1.85. The fourth-order valence-corrected chi connectivity index (χ4v) is 4.00. The molecule has 0 aromatic heterocycles. The maximum absolute atomic E-state index is 9.81. The van der Waals surface area contributed by atoms with Gasteiger partial charge >= 0.3 is 0 Å². The van der Waals surface area contributed by atoms with Crippen molar-refractivity contribution in [2.45, 2.75) is 38.2 Å². The molecule has 1 saturated carbocycles. The second-order valence-electron chi connectivity index (χ2n) is 7.15. The highest BCUT2D eigenvalue weighted by Gasteiger charge is 2.34. The second-order valence-corrected chi connectivity index (χ2v) is 7.15. The first kappa shape index (κ1) is 17.2. The summed E-state index contributed by atoms with van der Waals surface area (Å²) in [5, 5.41) is 9.81. The molecule has 26 heavy (non-hydrogen) atoms. The van der Waals surface area contributed by atoms with Gasteiger partial charge in [0.25, 0.3) is 0 Å². The molecule has 0 saturated heterocycles. The van der Waals surface area contributed by atoms with E-state index in [9.17, 15) is 5.11 Å². The van der Waals surface area contributed by atoms with Crippen LogP contribution < -0.4 is 14.2 Å². The molecule has 2 aliphatic carbocycles. The van der Waals surface area contributed by atoms with Crippen LogP contribution in [-0.4, -0.2) is 32.0 Å². The Morgan fingerprint density at radius 2 is 1.85 bits per heavy atom. The van der Waals surface area contributed by atoms with Crippen LogP contribution in [-0.2, 0) is 12.8 Å². The van der Waals surface area contributed by atoms with Crippen LogP contribution in [0.25, 0.3) is 11.1 Å². The van der Waals surface area contributed by atoms with Crippen LogP contribution >= 0.6 is 0 Å². The molecule has 0 heterocycles. The Kier molecular flexibility index (Phi) is 4.77. The van der Waals surface area contributed by atoms with Crippen molar-refractivity contribution in [3.05, 3.63) is 41.5 Å². The monoisotopic (exact) mass is 354 g/mol. The van der Waals surface area contributed by atoms with Gasteiger partial charge in [0.1, 0.15) is 6.10 Å². The Bertz CT molecular complexity index is 795. The van der Waals surface area contributed by atoms with Gasteiger partial charge in [-0.2, -0.15) is 0 Å². The predicted octanol–water partition coefficient (Wildman–Crippen LogP) is 4.01. The highest BCUT2D eigenvalue weighted by atomic mass is 16.5. The van der Waals surface area contributed by atoms with E-state index in [1.807, 2.05) is 12.1 Å². The van der Waals surface area contributed by atoms with E-state index in [0.29, 0.717) is 23.2 Å². The molecular formula is C22H26O4. The van der Waals surface area contributed by atoms with Crippen molar-refractivity contribution in [2.75, 3.05) is 20.8 Å². The summed E-state index contributed by atoms with van der Waals surface area (Å²) in [5.41, 5.74) is 5.03. The van der Waals surface area contributed by atoms with E-state index in [1.54, 1.807) is 14.2 Å². The SMILES string of the molecule is COc1ccc(-c2cccc3c2CCC3)c(OC(CO)C2CC2)c1OC. The van der Waals surface area contributed by atoms with E-state index in [4.69, 9.17) is 14.2 Å². The number of aliphatic hydroxyl groups excluding tert-OH is 1. The molecule has 2 aromatic rings. The lowest BCUT2D eigenvalue weighted by Gasteiger charge is -2.23. The van der Waals surface area contributed by atoms with Gasteiger partial charge in [-0.05, 0) is 66.8 Å². The number of hydrogen-bond acceptors (Lipinski definition) is 4. The molecule has 0 amide bonds. The third-order valence-corrected chi connectivity index (χ3v) is 5.53. The molecule has 1 fully saturated rings. The molecular weight excluding hydrogens is 328 g/mol. The number of methoxy groups -OCH3 is 2. The minimum atomic E-state index is -0.202. The molecule has 1 atom stereocenters. The molecule has 0 spiro atoms. The third-order valence-electron chi connectivity index (χ3n) is 5.53. The number of benzene rings is 2. The molecule has 4 rings (SSSR count). The normalized spacial score (nSPS) is 16.9. The van der Waals surface area contributed by atoms with Gasteiger partial charge in [-0.15, -0.1) is 0 Å². The van der Waals surface area contributed by atoms with Gasteiger partial charge in [0.15, 0.2) is 11.5 Å². The minimum Gasteiger partial charge on any atom is -0.493 e. The molecule has 138 valence electrons. The molecule has 0 bridgehead atoms. The number of ether oxygens (including phenoxy) is 3. The second kappa shape index (κ2) is 7.20. The molecule has 2 aromatic carbocycles. The van der Waals surface area contributed by atoms with Gasteiger partial charge in [-0.1, -0.05) is 18.2 Å². The van der Waals surface area contributed by atoms with Crippen LogP contribution in [0, 0.1) is 5.92 Å². The number of rotatable bonds is 7. The first-order valence-corrected chi connectivity index (χ1v) is 9.40. The van der Waals surface area contributed by atoms with Gasteiger partial charge in [0.2, 0.25) is 5.75 Å². The van der Waals surface area contributed by atoms with Crippen LogP contribution in [0.1, 0.15) is 30.4 Å². The summed E-state index contributed by atoms with van der Waals surface area (Å²) in [6, 6.07) is 10.5. The first-order chi connectivity index (χ1) is 12.8. The molecule has 0 radical (unpaired) electrons. The van der Waals surface area contributed by atoms with Crippen molar-refractivity contribution >= 4 is 0 Å². The third kappa shape index (κ3) is 3.03. The molecule has 4 nitrogen and oxygen atoms in total. The minimum absolute atomic E-state index is 0.0113. The molecule has 2 aliphatic rings. The zero-order chi connectivity index (χ0) is 18.1. The smallest absolute Gasteiger partial charge is 0.203 e. The van der Waals surface area contributed by atoms with Crippen LogP contribution in [0.2, 0.25) is 0 Å². The lowest BCUT2D eigenvalue weighted by atomic mass is 9.95. The summed E-state index contributed by atoms with van der Waals surface area (Å²) in [4.78, 5) is 0. The van der Waals surface area contributed by atoms with E-state index < -0.39 is 0 Å². The van der Waals surface area contributed by atoms with Gasteiger partial charge in [0.05, 0.1) is 20.8 Å². The van der Waals surface area contributed by atoms with Crippen LogP contribution in [0.4, 0.5) is 0 Å². The first-order valence-electron chi connectivity index (χ1n) is 9.40. The summed E-state index contributed by atoms with van der Waals surface area (Å²) >= 11 is 0. The quantitative estimate of drug-likeness (QED) is 0.816. The highest BCUT2D eigenvalue weighted by molar-refractivity contribution is 5.79. The van der Waals surface area contributed by atoms with E-state index in [2.05, 4.69) is 18.2 Å². The summed E-state index contributed by atoms with van der Waals surface area (Å²) in [7, 11) is 3.26. The van der Waals surface area contributed by atoms with Crippen molar-refractivity contribution in [2.24, 2.45) is 5.92 Å². The maximum Gasteiger partial charge on any atom is 0.203 e. The molecule has 1 unspecified atom stereocenters. The fourth-order valence-electron chi connectivity index (χ4n) is 4.00. The van der Waals surface area contributed by atoms with Crippen molar-refractivity contribution in [1.29, 1.82) is 0 Å². The number of hydrogen-bond donors (Lipinski definition) is 1. The van der Waals surface area contributed by atoms with Crippen molar-refractivity contribution in [1.82, 2.24) is 0 Å². The van der Waals surface area contributed by atoms with E-state index >= 15 is 0 Å². The van der Waals surface area contributed by atoms with Crippen LogP contribution in [0.3, 0.4) is 0 Å². The fraction of sp³-hybridized carbons (Fsp3) is 0.455. The summed E-state index contributed by atoms with van der Waals surface area (Å²) in [6.45, 7) is 0.0113. The van der Waals surface area contributed by atoms with E-state index in [0.717, 1.165) is 31.2 Å². The Labute approximate surface area is 154 Å². The van der Waals surface area contributed by atoms with Crippen molar-refractivity contribution in [3.63, 3.8) is 0 Å². The van der Waals surface area contributed by atoms with Gasteiger partial charge in [0, 0.05) is 5.56 Å². The predicted molar refractivity (Wildman–Crippen MR) is 101 cm³/mol. The summed E-state index contributed by atoms with van der Waals surface area (Å²) in [5.74, 6) is 2.34. The highest BCUT2D eigenvalue weighted by Crippen LogP contribution is 2.48. The summed E-state index contributed by atoms with van der Waals surface area (Å²) in [6.07, 6.45) is 5.42. The van der Waals surface area contributed by atoms with Crippen LogP contribution in [0.5, 0.6) is 17.2 Å².